The summed E-state index contributed by atoms with van der Waals surface area (Å²) >= 11 is 0. The average molecular weight is 417 g/mol. The highest BCUT2D eigenvalue weighted by Crippen LogP contribution is 2.23. The zero-order valence-electron chi connectivity index (χ0n) is 17.4. The second-order valence-electron chi connectivity index (χ2n) is 7.66. The summed E-state index contributed by atoms with van der Waals surface area (Å²) in [5.41, 5.74) is 2.35. The molecule has 0 saturated carbocycles. The summed E-state index contributed by atoms with van der Waals surface area (Å²) in [6.07, 6.45) is 0.0729. The quantitative estimate of drug-likeness (QED) is 0.751. The van der Waals surface area contributed by atoms with Gasteiger partial charge in [0.25, 0.3) is 5.91 Å². The number of carbonyl (C=O) groups is 1. The number of piperazine rings is 1. The van der Waals surface area contributed by atoms with Crippen LogP contribution in [-0.2, 0) is 10.0 Å². The van der Waals surface area contributed by atoms with Crippen molar-refractivity contribution in [3.63, 3.8) is 0 Å². The van der Waals surface area contributed by atoms with Crippen molar-refractivity contribution in [2.45, 2.75) is 38.7 Å². The minimum Gasteiger partial charge on any atom is -0.491 e. The third-order valence-corrected chi connectivity index (χ3v) is 7.01. The van der Waals surface area contributed by atoms with Crippen molar-refractivity contribution in [1.82, 2.24) is 9.21 Å². The first-order valence-electron chi connectivity index (χ1n) is 9.82. The number of carbonyl (C=O) groups excluding carboxylic acids is 1. The van der Waals surface area contributed by atoms with Crippen molar-refractivity contribution in [2.24, 2.45) is 0 Å². The van der Waals surface area contributed by atoms with Crippen LogP contribution in [0.4, 0.5) is 0 Å². The van der Waals surface area contributed by atoms with Crippen LogP contribution in [0.2, 0.25) is 0 Å². The van der Waals surface area contributed by atoms with Gasteiger partial charge in [0, 0.05) is 31.7 Å². The smallest absolute Gasteiger partial charge is 0.253 e. The summed E-state index contributed by atoms with van der Waals surface area (Å²) < 4.78 is 33.1. The fraction of sp³-hybridized carbons (Fsp3) is 0.409. The Labute approximate surface area is 173 Å². The average Bonchev–Trinajstić information content (AvgIpc) is 2.67. The molecule has 1 amide bonds. The second kappa shape index (κ2) is 8.55. The molecule has 1 aliphatic heterocycles. The molecule has 0 atom stereocenters. The standard InChI is InChI=1S/C22H28N2O4S/c1-16(2)28-20-8-6-19(7-9-20)22(25)23-11-13-24(14-12-23)29(26,27)21-10-5-17(3)15-18(21)4/h5-10,15-16H,11-14H2,1-4H3. The predicted octanol–water partition coefficient (Wildman–Crippen LogP) is 3.24. The summed E-state index contributed by atoms with van der Waals surface area (Å²) in [6.45, 7) is 8.96. The zero-order chi connectivity index (χ0) is 21.2. The van der Waals surface area contributed by atoms with Crippen molar-refractivity contribution in [1.29, 1.82) is 0 Å². The Morgan fingerprint density at radius 2 is 1.59 bits per heavy atom. The summed E-state index contributed by atoms with van der Waals surface area (Å²) in [5.74, 6) is 0.630. The molecule has 1 fully saturated rings. The number of aryl methyl sites for hydroxylation is 2. The maximum absolute atomic E-state index is 13.0. The van der Waals surface area contributed by atoms with Crippen LogP contribution in [0.5, 0.6) is 5.75 Å². The Hall–Kier alpha value is -2.38. The number of hydrogen-bond acceptors (Lipinski definition) is 4. The van der Waals surface area contributed by atoms with Crippen LogP contribution in [0.15, 0.2) is 47.4 Å². The molecule has 0 aliphatic carbocycles. The molecule has 0 bridgehead atoms. The van der Waals surface area contributed by atoms with E-state index in [0.29, 0.717) is 23.5 Å². The maximum atomic E-state index is 13.0. The normalized spacial score (nSPS) is 15.6. The summed E-state index contributed by atoms with van der Waals surface area (Å²) in [7, 11) is -3.56. The van der Waals surface area contributed by atoms with E-state index in [1.165, 1.54) is 4.31 Å². The van der Waals surface area contributed by atoms with Crippen LogP contribution in [0.1, 0.15) is 35.3 Å². The van der Waals surface area contributed by atoms with Gasteiger partial charge in [-0.2, -0.15) is 4.31 Å². The molecule has 1 heterocycles. The van der Waals surface area contributed by atoms with Gasteiger partial charge in [0.15, 0.2) is 0 Å². The molecule has 7 heteroatoms. The lowest BCUT2D eigenvalue weighted by molar-refractivity contribution is 0.0698. The Morgan fingerprint density at radius 1 is 0.966 bits per heavy atom. The largest absolute Gasteiger partial charge is 0.491 e. The molecular formula is C22H28N2O4S. The first kappa shape index (κ1) is 21.3. The lowest BCUT2D eigenvalue weighted by atomic mass is 10.2. The first-order chi connectivity index (χ1) is 13.7. The van der Waals surface area contributed by atoms with Gasteiger partial charge < -0.3 is 9.64 Å². The highest BCUT2D eigenvalue weighted by Gasteiger charge is 2.31. The van der Waals surface area contributed by atoms with E-state index in [4.69, 9.17) is 4.74 Å². The van der Waals surface area contributed by atoms with E-state index in [0.717, 1.165) is 16.9 Å². The van der Waals surface area contributed by atoms with Gasteiger partial charge in [-0.25, -0.2) is 8.42 Å². The lowest BCUT2D eigenvalue weighted by Crippen LogP contribution is -2.50. The Morgan fingerprint density at radius 3 is 2.14 bits per heavy atom. The van der Waals surface area contributed by atoms with Crippen LogP contribution in [-0.4, -0.2) is 55.8 Å². The summed E-state index contributed by atoms with van der Waals surface area (Å²) in [4.78, 5) is 14.8. The third-order valence-electron chi connectivity index (χ3n) is 4.95. The lowest BCUT2D eigenvalue weighted by Gasteiger charge is -2.34. The van der Waals surface area contributed by atoms with E-state index < -0.39 is 10.0 Å². The molecule has 1 aliphatic rings. The molecule has 0 radical (unpaired) electrons. The van der Waals surface area contributed by atoms with Crippen LogP contribution >= 0.6 is 0 Å². The van der Waals surface area contributed by atoms with Crippen molar-refractivity contribution >= 4 is 15.9 Å². The van der Waals surface area contributed by atoms with Gasteiger partial charge in [-0.1, -0.05) is 17.7 Å². The molecule has 0 aromatic heterocycles. The second-order valence-corrected chi connectivity index (χ2v) is 9.56. The van der Waals surface area contributed by atoms with E-state index >= 15 is 0 Å². The molecule has 0 spiro atoms. The van der Waals surface area contributed by atoms with Gasteiger partial charge in [0.1, 0.15) is 5.75 Å². The van der Waals surface area contributed by atoms with E-state index in [1.54, 1.807) is 35.2 Å². The minimum atomic E-state index is -3.56. The summed E-state index contributed by atoms with van der Waals surface area (Å²) in [5, 5.41) is 0. The van der Waals surface area contributed by atoms with E-state index in [9.17, 15) is 13.2 Å². The maximum Gasteiger partial charge on any atom is 0.253 e. The topological polar surface area (TPSA) is 66.9 Å². The monoisotopic (exact) mass is 416 g/mol. The zero-order valence-corrected chi connectivity index (χ0v) is 18.2. The van der Waals surface area contributed by atoms with Crippen LogP contribution in [0.25, 0.3) is 0 Å². The Balaban J connectivity index is 1.66. The molecular weight excluding hydrogens is 388 g/mol. The SMILES string of the molecule is Cc1ccc(S(=O)(=O)N2CCN(C(=O)c3ccc(OC(C)C)cc3)CC2)c(C)c1. The van der Waals surface area contributed by atoms with Crippen LogP contribution in [0, 0.1) is 13.8 Å². The Kier molecular flexibility index (Phi) is 6.29. The number of sulfonamides is 1. The van der Waals surface area contributed by atoms with Crippen molar-refractivity contribution in [3.05, 3.63) is 59.2 Å². The molecule has 0 unspecified atom stereocenters. The minimum absolute atomic E-state index is 0.0729. The van der Waals surface area contributed by atoms with Crippen LogP contribution in [0.3, 0.4) is 0 Å². The molecule has 6 nitrogen and oxygen atoms in total. The predicted molar refractivity (Wildman–Crippen MR) is 113 cm³/mol. The molecule has 1 saturated heterocycles. The first-order valence-corrected chi connectivity index (χ1v) is 11.3. The number of amides is 1. The number of ether oxygens (including phenoxy) is 1. The highest BCUT2D eigenvalue weighted by atomic mass is 32.2. The van der Waals surface area contributed by atoms with Crippen molar-refractivity contribution < 1.29 is 17.9 Å². The van der Waals surface area contributed by atoms with Gasteiger partial charge in [0.05, 0.1) is 11.0 Å². The fourth-order valence-electron chi connectivity index (χ4n) is 3.49. The van der Waals surface area contributed by atoms with E-state index in [1.807, 2.05) is 39.8 Å². The van der Waals surface area contributed by atoms with E-state index in [-0.39, 0.29) is 25.1 Å². The van der Waals surface area contributed by atoms with Gasteiger partial charge in [-0.05, 0) is 63.6 Å². The number of benzene rings is 2. The number of hydrogen-bond donors (Lipinski definition) is 0. The van der Waals surface area contributed by atoms with E-state index in [2.05, 4.69) is 0 Å². The van der Waals surface area contributed by atoms with Gasteiger partial charge in [-0.15, -0.1) is 0 Å². The third kappa shape index (κ3) is 4.79. The molecule has 29 heavy (non-hydrogen) atoms. The van der Waals surface area contributed by atoms with Gasteiger partial charge in [-0.3, -0.25) is 4.79 Å². The molecule has 3 rings (SSSR count). The van der Waals surface area contributed by atoms with Crippen LogP contribution < -0.4 is 4.74 Å². The summed E-state index contributed by atoms with van der Waals surface area (Å²) in [6, 6.07) is 12.4. The Bertz CT molecular complexity index is 976. The highest BCUT2D eigenvalue weighted by molar-refractivity contribution is 7.89. The number of nitrogens with zero attached hydrogens (tertiary/aromatic N) is 2. The molecule has 2 aromatic rings. The van der Waals surface area contributed by atoms with Crippen molar-refractivity contribution in [2.75, 3.05) is 26.2 Å². The van der Waals surface area contributed by atoms with Crippen molar-refractivity contribution in [3.8, 4) is 5.75 Å². The fourth-order valence-corrected chi connectivity index (χ4v) is 5.12. The van der Waals surface area contributed by atoms with Gasteiger partial charge in [0.2, 0.25) is 10.0 Å². The van der Waals surface area contributed by atoms with Gasteiger partial charge >= 0.3 is 0 Å². The number of rotatable bonds is 5. The molecule has 2 aromatic carbocycles. The molecule has 0 N–H and O–H groups in total. The molecule has 156 valence electrons.